The van der Waals surface area contributed by atoms with Crippen LogP contribution in [0.2, 0.25) is 0 Å². The maximum Gasteiger partial charge on any atom is 0.472 e. The van der Waals surface area contributed by atoms with E-state index in [0.29, 0.717) is 66.1 Å². The highest BCUT2D eigenvalue weighted by Gasteiger charge is 2.23. The van der Waals surface area contributed by atoms with Gasteiger partial charge in [0.2, 0.25) is 0 Å². The Morgan fingerprint density at radius 3 is 1.61 bits per heavy atom. The summed E-state index contributed by atoms with van der Waals surface area (Å²) >= 11 is 0. The molecular weight excluding hydrogens is 491 g/mol. The molecule has 216 valence electrons. The summed E-state index contributed by atoms with van der Waals surface area (Å²) in [6, 6.07) is 0. The highest BCUT2D eigenvalue weighted by molar-refractivity contribution is 7.47. The molecule has 0 radical (unpaired) electrons. The van der Waals surface area contributed by atoms with Gasteiger partial charge in [0.05, 0.1) is 85.9 Å². The summed E-state index contributed by atoms with van der Waals surface area (Å²) in [6.45, 7) is 6.85. The summed E-state index contributed by atoms with van der Waals surface area (Å²) in [7, 11) is -4.15. The van der Waals surface area contributed by atoms with Gasteiger partial charge in [0, 0.05) is 0 Å². The van der Waals surface area contributed by atoms with Crippen LogP contribution in [0.4, 0.5) is 0 Å². The number of unbranched alkanes of at least 4 members (excludes halogenated alkanes) is 9. The maximum atomic E-state index is 12.3. The van der Waals surface area contributed by atoms with E-state index in [0.717, 1.165) is 19.3 Å². The van der Waals surface area contributed by atoms with E-state index in [1.54, 1.807) is 0 Å². The Kier molecular flexibility index (Phi) is 23.7. The molecule has 0 aliphatic carbocycles. The van der Waals surface area contributed by atoms with Gasteiger partial charge in [-0.25, -0.2) is 4.57 Å². The van der Waals surface area contributed by atoms with Gasteiger partial charge in [-0.05, 0) is 6.42 Å². The van der Waals surface area contributed by atoms with Crippen molar-refractivity contribution in [3.8, 4) is 0 Å². The standard InChI is InChI=1S/C25H51O10P/c1-2-3-4-5-6-7-8-9-10-11-12-34-36(26,27)35-24-25-23-32-20-19-30-16-15-28-13-14-29-17-18-31-21-22-33-25/h25H,2-24H2,1H3,(H,26,27). The molecule has 0 aromatic heterocycles. The van der Waals surface area contributed by atoms with Crippen LogP contribution in [0.5, 0.6) is 0 Å². The molecule has 1 N–H and O–H groups in total. The molecule has 2 atom stereocenters. The fourth-order valence-corrected chi connectivity index (χ4v) is 4.29. The summed E-state index contributed by atoms with van der Waals surface area (Å²) < 4.78 is 55.6. The molecule has 1 fully saturated rings. The highest BCUT2D eigenvalue weighted by atomic mass is 31.2. The van der Waals surface area contributed by atoms with Gasteiger partial charge in [-0.2, -0.15) is 0 Å². The molecule has 11 heteroatoms. The van der Waals surface area contributed by atoms with Gasteiger partial charge in [0.25, 0.3) is 0 Å². The van der Waals surface area contributed by atoms with Gasteiger partial charge in [-0.15, -0.1) is 0 Å². The summed E-state index contributed by atoms with van der Waals surface area (Å²) in [5, 5.41) is 0. The molecular formula is C25H51O10P. The largest absolute Gasteiger partial charge is 0.472 e. The van der Waals surface area contributed by atoms with Crippen LogP contribution in [0, 0.1) is 0 Å². The molecule has 1 heterocycles. The quantitative estimate of drug-likeness (QED) is 0.234. The van der Waals surface area contributed by atoms with E-state index in [2.05, 4.69) is 6.92 Å². The van der Waals surface area contributed by atoms with E-state index in [4.69, 9.17) is 37.5 Å². The molecule has 0 saturated carbocycles. The third-order valence-electron chi connectivity index (χ3n) is 5.55. The van der Waals surface area contributed by atoms with Gasteiger partial charge in [-0.1, -0.05) is 64.7 Å². The lowest BCUT2D eigenvalue weighted by Crippen LogP contribution is -2.28. The van der Waals surface area contributed by atoms with Crippen molar-refractivity contribution in [3.05, 3.63) is 0 Å². The van der Waals surface area contributed by atoms with Crippen LogP contribution in [0.15, 0.2) is 0 Å². The topological polar surface area (TPSA) is 111 Å². The zero-order chi connectivity index (χ0) is 26.0. The first-order valence-electron chi connectivity index (χ1n) is 13.8. The predicted molar refractivity (Wildman–Crippen MR) is 137 cm³/mol. The van der Waals surface area contributed by atoms with Crippen LogP contribution >= 0.6 is 7.82 Å². The van der Waals surface area contributed by atoms with Gasteiger partial charge in [0.1, 0.15) is 6.10 Å². The summed E-state index contributed by atoms with van der Waals surface area (Å²) in [5.74, 6) is 0. The Morgan fingerprint density at radius 1 is 0.639 bits per heavy atom. The van der Waals surface area contributed by atoms with Crippen molar-refractivity contribution in [1.82, 2.24) is 0 Å². The lowest BCUT2D eigenvalue weighted by molar-refractivity contribution is -0.0739. The minimum Gasteiger partial charge on any atom is -0.377 e. The highest BCUT2D eigenvalue weighted by Crippen LogP contribution is 2.43. The third kappa shape index (κ3) is 23.0. The van der Waals surface area contributed by atoms with Gasteiger partial charge in [-0.3, -0.25) is 9.05 Å². The average Bonchev–Trinajstić information content (AvgIpc) is 2.86. The molecule has 0 bridgehead atoms. The van der Waals surface area contributed by atoms with Crippen molar-refractivity contribution in [1.29, 1.82) is 0 Å². The van der Waals surface area contributed by atoms with Crippen molar-refractivity contribution >= 4 is 7.82 Å². The van der Waals surface area contributed by atoms with Crippen LogP contribution < -0.4 is 0 Å². The summed E-state index contributed by atoms with van der Waals surface area (Å²) in [4.78, 5) is 10.0. The third-order valence-corrected chi connectivity index (χ3v) is 6.53. The molecule has 1 saturated heterocycles. The molecule has 1 aliphatic rings. The van der Waals surface area contributed by atoms with Crippen LogP contribution in [-0.4, -0.2) is 96.9 Å². The number of phosphoric acid groups is 1. The normalized spacial score (nSPS) is 21.9. The smallest absolute Gasteiger partial charge is 0.377 e. The zero-order valence-electron chi connectivity index (χ0n) is 22.4. The first kappa shape index (κ1) is 33.9. The van der Waals surface area contributed by atoms with Crippen molar-refractivity contribution in [2.45, 2.75) is 77.2 Å². The zero-order valence-corrected chi connectivity index (χ0v) is 23.3. The Morgan fingerprint density at radius 2 is 1.08 bits per heavy atom. The van der Waals surface area contributed by atoms with Crippen molar-refractivity contribution in [2.24, 2.45) is 0 Å². The van der Waals surface area contributed by atoms with Crippen molar-refractivity contribution in [3.63, 3.8) is 0 Å². The summed E-state index contributed by atoms with van der Waals surface area (Å²) in [6.07, 6.45) is 11.3. The second-order valence-corrected chi connectivity index (χ2v) is 10.3. The van der Waals surface area contributed by atoms with E-state index in [-0.39, 0.29) is 19.8 Å². The molecule has 0 spiro atoms. The number of hydrogen-bond donors (Lipinski definition) is 1. The van der Waals surface area contributed by atoms with E-state index in [1.165, 1.54) is 44.9 Å². The monoisotopic (exact) mass is 542 g/mol. The second-order valence-electron chi connectivity index (χ2n) is 8.80. The second kappa shape index (κ2) is 25.2. The van der Waals surface area contributed by atoms with E-state index >= 15 is 0 Å². The average molecular weight is 543 g/mol. The molecule has 0 aromatic rings. The van der Waals surface area contributed by atoms with Crippen LogP contribution in [0.25, 0.3) is 0 Å². The Hall–Kier alpha value is -0.130. The van der Waals surface area contributed by atoms with E-state index in [1.807, 2.05) is 0 Å². The molecule has 0 amide bonds. The van der Waals surface area contributed by atoms with Crippen molar-refractivity contribution in [2.75, 3.05) is 85.9 Å². The maximum absolute atomic E-state index is 12.3. The fourth-order valence-electron chi connectivity index (χ4n) is 3.50. The van der Waals surface area contributed by atoms with Gasteiger partial charge < -0.3 is 33.3 Å². The fraction of sp³-hybridized carbons (Fsp3) is 1.00. The minimum atomic E-state index is -4.15. The molecule has 1 rings (SSSR count). The van der Waals surface area contributed by atoms with Crippen LogP contribution in [-0.2, 0) is 42.0 Å². The lowest BCUT2D eigenvalue weighted by atomic mass is 10.1. The molecule has 10 nitrogen and oxygen atoms in total. The number of hydrogen-bond acceptors (Lipinski definition) is 9. The van der Waals surface area contributed by atoms with E-state index < -0.39 is 13.9 Å². The molecule has 1 aliphatic heterocycles. The number of phosphoric ester groups is 1. The van der Waals surface area contributed by atoms with Crippen LogP contribution in [0.1, 0.15) is 71.1 Å². The number of ether oxygens (including phenoxy) is 6. The number of rotatable bonds is 15. The Labute approximate surface area is 218 Å². The van der Waals surface area contributed by atoms with E-state index in [9.17, 15) is 9.46 Å². The SMILES string of the molecule is CCCCCCCCCCCCOP(=O)(O)OCC1COCCOCCOCCOCCOCCO1. The van der Waals surface area contributed by atoms with Crippen molar-refractivity contribution < 1.29 is 46.9 Å². The molecule has 0 aromatic carbocycles. The Balaban J connectivity index is 2.19. The van der Waals surface area contributed by atoms with Gasteiger partial charge in [0.15, 0.2) is 0 Å². The predicted octanol–water partition coefficient (Wildman–Crippen LogP) is 4.52. The first-order valence-corrected chi connectivity index (χ1v) is 15.3. The molecule has 2 unspecified atom stereocenters. The minimum absolute atomic E-state index is 0.121. The first-order chi connectivity index (χ1) is 17.6. The molecule has 36 heavy (non-hydrogen) atoms. The van der Waals surface area contributed by atoms with Gasteiger partial charge >= 0.3 is 7.82 Å². The summed E-state index contributed by atoms with van der Waals surface area (Å²) in [5.41, 5.74) is 0. The van der Waals surface area contributed by atoms with Crippen LogP contribution in [0.3, 0.4) is 0 Å². The Bertz CT molecular complexity index is 493. The lowest BCUT2D eigenvalue weighted by Gasteiger charge is -2.20.